The summed E-state index contributed by atoms with van der Waals surface area (Å²) < 4.78 is 7.13. The molecular formula is C72H48N4. The largest absolute Gasteiger partial charge is 0.311 e. The molecule has 0 radical (unpaired) electrons. The fourth-order valence-corrected chi connectivity index (χ4v) is 11.9. The van der Waals surface area contributed by atoms with Crippen LogP contribution in [0.1, 0.15) is 0 Å². The number of para-hydroxylation sites is 6. The zero-order valence-electron chi connectivity index (χ0n) is 41.5. The SMILES string of the molecule is c1ccc(-n2c3ccccc3c3cc(-c4ccc(N(c5ccc(-c6ccc(-n7c8ccccc8c8ccccc87)cc6)cc5)c5ccc(-c6ccc7c8ccccc8n(-c8ccccc8)c7c6)cc5)cc4)ccc32)cc1. The number of fused-ring (bicyclic) bond motifs is 9. The predicted molar refractivity (Wildman–Crippen MR) is 320 cm³/mol. The van der Waals surface area contributed by atoms with Crippen molar-refractivity contribution in [1.82, 2.24) is 13.7 Å². The molecule has 0 amide bonds. The summed E-state index contributed by atoms with van der Waals surface area (Å²) in [4.78, 5) is 2.37. The van der Waals surface area contributed by atoms with Crippen LogP contribution in [0.2, 0.25) is 0 Å². The van der Waals surface area contributed by atoms with Gasteiger partial charge in [0.1, 0.15) is 0 Å². The van der Waals surface area contributed by atoms with Crippen LogP contribution < -0.4 is 4.90 Å². The third-order valence-corrected chi connectivity index (χ3v) is 15.5. The van der Waals surface area contributed by atoms with Gasteiger partial charge in [0.2, 0.25) is 0 Å². The Balaban J connectivity index is 0.797. The molecule has 0 bridgehead atoms. The maximum atomic E-state index is 2.39. The minimum absolute atomic E-state index is 1.08. The lowest BCUT2D eigenvalue weighted by Crippen LogP contribution is -2.09. The zero-order valence-corrected chi connectivity index (χ0v) is 41.5. The molecule has 0 aliphatic heterocycles. The lowest BCUT2D eigenvalue weighted by molar-refractivity contribution is 1.18. The van der Waals surface area contributed by atoms with Crippen molar-refractivity contribution in [2.45, 2.75) is 0 Å². The van der Waals surface area contributed by atoms with E-state index in [1.807, 2.05) is 0 Å². The molecule has 0 N–H and O–H groups in total. The van der Waals surface area contributed by atoms with Crippen LogP contribution in [0, 0.1) is 0 Å². The normalized spacial score (nSPS) is 11.7. The fourth-order valence-electron chi connectivity index (χ4n) is 11.9. The lowest BCUT2D eigenvalue weighted by atomic mass is 10.0. The maximum Gasteiger partial charge on any atom is 0.0547 e. The number of aromatic nitrogens is 3. The van der Waals surface area contributed by atoms with Gasteiger partial charge in [-0.1, -0.05) is 176 Å². The van der Waals surface area contributed by atoms with Gasteiger partial charge in [-0.2, -0.15) is 0 Å². The van der Waals surface area contributed by atoms with Crippen molar-refractivity contribution in [2.75, 3.05) is 4.90 Å². The summed E-state index contributed by atoms with van der Waals surface area (Å²) in [6, 6.07) is 106. The number of anilines is 3. The van der Waals surface area contributed by atoms with Crippen molar-refractivity contribution in [3.05, 3.63) is 291 Å². The number of nitrogens with zero attached hydrogens (tertiary/aromatic N) is 4. The first-order valence-corrected chi connectivity index (χ1v) is 26.1. The zero-order chi connectivity index (χ0) is 50.1. The van der Waals surface area contributed by atoms with Crippen LogP contribution in [0.5, 0.6) is 0 Å². The minimum Gasteiger partial charge on any atom is -0.311 e. The van der Waals surface area contributed by atoms with Gasteiger partial charge < -0.3 is 18.6 Å². The van der Waals surface area contributed by atoms with Gasteiger partial charge in [0.15, 0.2) is 0 Å². The van der Waals surface area contributed by atoms with E-state index in [4.69, 9.17) is 0 Å². The Labute approximate surface area is 440 Å². The summed E-state index contributed by atoms with van der Waals surface area (Å²) in [7, 11) is 0. The van der Waals surface area contributed by atoms with Crippen molar-refractivity contribution >= 4 is 82.5 Å². The number of hydrogen-bond acceptors (Lipinski definition) is 1. The van der Waals surface area contributed by atoms with Gasteiger partial charge in [0.05, 0.1) is 33.1 Å². The van der Waals surface area contributed by atoms with Gasteiger partial charge in [0, 0.05) is 66.4 Å². The van der Waals surface area contributed by atoms with Crippen molar-refractivity contribution in [3.8, 4) is 50.4 Å². The Morgan fingerprint density at radius 2 is 0.474 bits per heavy atom. The smallest absolute Gasteiger partial charge is 0.0547 e. The molecule has 0 spiro atoms. The summed E-state index contributed by atoms with van der Waals surface area (Å²) in [5.41, 5.74) is 20.9. The molecule has 0 aliphatic carbocycles. The van der Waals surface area contributed by atoms with Gasteiger partial charge in [0.25, 0.3) is 0 Å². The quantitative estimate of drug-likeness (QED) is 0.141. The molecule has 76 heavy (non-hydrogen) atoms. The van der Waals surface area contributed by atoms with Crippen LogP contribution >= 0.6 is 0 Å². The second-order valence-electron chi connectivity index (χ2n) is 19.7. The van der Waals surface area contributed by atoms with E-state index in [0.717, 1.165) is 45.3 Å². The van der Waals surface area contributed by atoms with Crippen molar-refractivity contribution in [1.29, 1.82) is 0 Å². The summed E-state index contributed by atoms with van der Waals surface area (Å²) in [5.74, 6) is 0. The second-order valence-corrected chi connectivity index (χ2v) is 19.7. The highest BCUT2D eigenvalue weighted by Crippen LogP contribution is 2.41. The number of hydrogen-bond donors (Lipinski definition) is 0. The van der Waals surface area contributed by atoms with Crippen LogP contribution in [-0.4, -0.2) is 13.7 Å². The Morgan fingerprint density at radius 1 is 0.184 bits per heavy atom. The molecule has 3 heterocycles. The standard InChI is InChI=1S/C72H48N4/c1-3-15-55(16-4-1)74-70-26-14-10-22-64(70)66-47-53(36-46-71(66)74)51-31-39-58(40-32-51)73(57-37-27-49(28-38-57)50-29-43-60(44-30-50)75-67-23-11-7-19-61(67)62-20-8-12-24-68(62)75)59-41-33-52(34-42-59)54-35-45-65-63-21-9-13-25-69(63)76(72(65)48-54)56-17-5-2-6-18-56/h1-48H. The molecule has 15 aromatic rings. The van der Waals surface area contributed by atoms with Crippen LogP contribution in [-0.2, 0) is 0 Å². The lowest BCUT2D eigenvalue weighted by Gasteiger charge is -2.26. The molecule has 0 aliphatic rings. The molecule has 0 saturated heterocycles. The minimum atomic E-state index is 1.08. The highest BCUT2D eigenvalue weighted by atomic mass is 15.1. The fraction of sp³-hybridized carbons (Fsp3) is 0. The summed E-state index contributed by atoms with van der Waals surface area (Å²) in [6.07, 6.45) is 0. The monoisotopic (exact) mass is 968 g/mol. The Bertz CT molecular complexity index is 4590. The Morgan fingerprint density at radius 3 is 0.921 bits per heavy atom. The molecule has 3 aromatic heterocycles. The van der Waals surface area contributed by atoms with Crippen molar-refractivity contribution in [3.63, 3.8) is 0 Å². The van der Waals surface area contributed by atoms with Crippen LogP contribution in [0.3, 0.4) is 0 Å². The highest BCUT2D eigenvalue weighted by molar-refractivity contribution is 6.12. The van der Waals surface area contributed by atoms with E-state index in [1.165, 1.54) is 87.7 Å². The first-order chi connectivity index (χ1) is 37.7. The number of benzene rings is 12. The van der Waals surface area contributed by atoms with Crippen LogP contribution in [0.25, 0.3) is 116 Å². The third kappa shape index (κ3) is 7.14. The number of rotatable bonds is 9. The first kappa shape index (κ1) is 43.4. The van der Waals surface area contributed by atoms with Gasteiger partial charge >= 0.3 is 0 Å². The Hall–Kier alpha value is -10.2. The Kier molecular flexibility index (Phi) is 10.2. The summed E-state index contributed by atoms with van der Waals surface area (Å²) in [5, 5.41) is 7.52. The van der Waals surface area contributed by atoms with E-state index in [1.54, 1.807) is 0 Å². The third-order valence-electron chi connectivity index (χ3n) is 15.5. The van der Waals surface area contributed by atoms with Crippen molar-refractivity contribution in [2.24, 2.45) is 0 Å². The molecule has 356 valence electrons. The average molecular weight is 969 g/mol. The van der Waals surface area contributed by atoms with Crippen LogP contribution in [0.4, 0.5) is 17.1 Å². The molecule has 12 aromatic carbocycles. The van der Waals surface area contributed by atoms with E-state index in [0.29, 0.717) is 0 Å². The molecule has 0 atom stereocenters. The first-order valence-electron chi connectivity index (χ1n) is 26.1. The molecule has 4 nitrogen and oxygen atoms in total. The van der Waals surface area contributed by atoms with Gasteiger partial charge in [-0.05, 0) is 149 Å². The second kappa shape index (κ2) is 17.8. The topological polar surface area (TPSA) is 18.0 Å². The molecular weight excluding hydrogens is 921 g/mol. The van der Waals surface area contributed by atoms with Crippen LogP contribution in [0.15, 0.2) is 291 Å². The van der Waals surface area contributed by atoms with E-state index >= 15 is 0 Å². The van der Waals surface area contributed by atoms with E-state index in [9.17, 15) is 0 Å². The summed E-state index contributed by atoms with van der Waals surface area (Å²) >= 11 is 0. The molecule has 0 fully saturated rings. The maximum absolute atomic E-state index is 2.39. The molecule has 15 rings (SSSR count). The summed E-state index contributed by atoms with van der Waals surface area (Å²) in [6.45, 7) is 0. The van der Waals surface area contributed by atoms with E-state index in [2.05, 4.69) is 310 Å². The van der Waals surface area contributed by atoms with Crippen molar-refractivity contribution < 1.29 is 0 Å². The predicted octanol–water partition coefficient (Wildman–Crippen LogP) is 19.4. The molecule has 0 saturated carbocycles. The average Bonchev–Trinajstić information content (AvgIpc) is 4.19. The van der Waals surface area contributed by atoms with E-state index < -0.39 is 0 Å². The molecule has 4 heteroatoms. The highest BCUT2D eigenvalue weighted by Gasteiger charge is 2.18. The molecule has 0 unspecified atom stereocenters. The van der Waals surface area contributed by atoms with E-state index in [-0.39, 0.29) is 0 Å². The van der Waals surface area contributed by atoms with Gasteiger partial charge in [-0.3, -0.25) is 0 Å². The van der Waals surface area contributed by atoms with Gasteiger partial charge in [-0.15, -0.1) is 0 Å². The van der Waals surface area contributed by atoms with Gasteiger partial charge in [-0.25, -0.2) is 0 Å².